The summed E-state index contributed by atoms with van der Waals surface area (Å²) < 4.78 is 37.6. The average molecular weight is 327 g/mol. The van der Waals surface area contributed by atoms with Gasteiger partial charge in [-0.2, -0.15) is 13.2 Å². The van der Waals surface area contributed by atoms with E-state index in [1.807, 2.05) is 0 Å². The summed E-state index contributed by atoms with van der Waals surface area (Å²) in [5, 5.41) is 9.29. The molecule has 23 heavy (non-hydrogen) atoms. The molecule has 1 aliphatic heterocycles. The highest BCUT2D eigenvalue weighted by atomic mass is 19.4. The normalized spacial score (nSPS) is 24.7. The number of carboxylic acids is 1. The van der Waals surface area contributed by atoms with Crippen LogP contribution < -0.4 is 0 Å². The zero-order valence-corrected chi connectivity index (χ0v) is 12.2. The minimum Gasteiger partial charge on any atom is -0.481 e. The Bertz CT molecular complexity index is 622. The SMILES string of the molecule is O=C(O)[C@H]1CN(C(=O)c2ccc(C(F)(F)F)cc2)C[C@@H]1C1CC1. The van der Waals surface area contributed by atoms with Crippen molar-refractivity contribution in [2.75, 3.05) is 13.1 Å². The van der Waals surface area contributed by atoms with E-state index in [1.54, 1.807) is 0 Å². The third-order valence-corrected chi connectivity index (χ3v) is 4.66. The summed E-state index contributed by atoms with van der Waals surface area (Å²) in [6.07, 6.45) is -2.48. The maximum Gasteiger partial charge on any atom is 0.416 e. The number of carbonyl (C=O) groups is 2. The zero-order chi connectivity index (χ0) is 16.8. The Morgan fingerprint density at radius 1 is 1.09 bits per heavy atom. The van der Waals surface area contributed by atoms with E-state index in [1.165, 1.54) is 4.90 Å². The molecule has 124 valence electrons. The van der Waals surface area contributed by atoms with Crippen LogP contribution in [-0.4, -0.2) is 35.0 Å². The van der Waals surface area contributed by atoms with Crippen molar-refractivity contribution >= 4 is 11.9 Å². The Morgan fingerprint density at radius 3 is 2.17 bits per heavy atom. The number of rotatable bonds is 3. The lowest BCUT2D eigenvalue weighted by molar-refractivity contribution is -0.142. The van der Waals surface area contributed by atoms with E-state index in [0.717, 1.165) is 37.1 Å². The lowest BCUT2D eigenvalue weighted by Crippen LogP contribution is -2.30. The monoisotopic (exact) mass is 327 g/mol. The van der Waals surface area contributed by atoms with Crippen LogP contribution in [0.5, 0.6) is 0 Å². The van der Waals surface area contributed by atoms with Crippen LogP contribution in [0.1, 0.15) is 28.8 Å². The molecule has 1 aromatic rings. The molecule has 2 aliphatic rings. The molecule has 0 radical (unpaired) electrons. The molecule has 0 spiro atoms. The van der Waals surface area contributed by atoms with Crippen LogP contribution in [0.3, 0.4) is 0 Å². The molecule has 1 N–H and O–H groups in total. The molecule has 1 amide bonds. The van der Waals surface area contributed by atoms with Gasteiger partial charge in [-0.1, -0.05) is 0 Å². The van der Waals surface area contributed by atoms with Gasteiger partial charge in [-0.15, -0.1) is 0 Å². The van der Waals surface area contributed by atoms with E-state index in [0.29, 0.717) is 12.5 Å². The summed E-state index contributed by atoms with van der Waals surface area (Å²) in [5.41, 5.74) is -0.659. The summed E-state index contributed by atoms with van der Waals surface area (Å²) in [5.74, 6) is -1.61. The van der Waals surface area contributed by atoms with Gasteiger partial charge in [-0.05, 0) is 48.9 Å². The van der Waals surface area contributed by atoms with Crippen LogP contribution in [-0.2, 0) is 11.0 Å². The lowest BCUT2D eigenvalue weighted by Gasteiger charge is -2.16. The van der Waals surface area contributed by atoms with Crippen LogP contribution >= 0.6 is 0 Å². The highest BCUT2D eigenvalue weighted by Gasteiger charge is 2.47. The molecule has 0 aromatic heterocycles. The van der Waals surface area contributed by atoms with Crippen molar-refractivity contribution in [1.29, 1.82) is 0 Å². The molecule has 1 saturated carbocycles. The molecule has 7 heteroatoms. The standard InChI is InChI=1S/C16H16F3NO3/c17-16(18,19)11-5-3-10(4-6-11)14(21)20-7-12(9-1-2-9)13(8-20)15(22)23/h3-6,9,12-13H,1-2,7-8H2,(H,22,23)/t12-,13+/m1/s1. The molecule has 2 fully saturated rings. The van der Waals surface area contributed by atoms with Crippen LogP contribution in [0.15, 0.2) is 24.3 Å². The average Bonchev–Trinajstić information content (AvgIpc) is 3.24. The number of benzene rings is 1. The van der Waals surface area contributed by atoms with Gasteiger partial charge in [0.15, 0.2) is 0 Å². The van der Waals surface area contributed by atoms with Gasteiger partial charge in [-0.3, -0.25) is 9.59 Å². The number of hydrogen-bond acceptors (Lipinski definition) is 2. The van der Waals surface area contributed by atoms with Gasteiger partial charge in [0.1, 0.15) is 0 Å². The molecule has 1 aromatic carbocycles. The number of amides is 1. The van der Waals surface area contributed by atoms with Crippen molar-refractivity contribution < 1.29 is 27.9 Å². The first-order valence-electron chi connectivity index (χ1n) is 7.46. The van der Waals surface area contributed by atoms with Gasteiger partial charge >= 0.3 is 12.1 Å². The zero-order valence-electron chi connectivity index (χ0n) is 12.2. The van der Waals surface area contributed by atoms with Gasteiger partial charge in [0.2, 0.25) is 0 Å². The van der Waals surface area contributed by atoms with Crippen molar-refractivity contribution in [3.05, 3.63) is 35.4 Å². The second-order valence-corrected chi connectivity index (χ2v) is 6.23. The number of likely N-dealkylation sites (tertiary alicyclic amines) is 1. The fraction of sp³-hybridized carbons (Fsp3) is 0.500. The number of carboxylic acid groups (broad SMARTS) is 1. The van der Waals surface area contributed by atoms with Crippen molar-refractivity contribution in [2.45, 2.75) is 19.0 Å². The second-order valence-electron chi connectivity index (χ2n) is 6.23. The Morgan fingerprint density at radius 2 is 1.70 bits per heavy atom. The Hall–Kier alpha value is -2.05. The van der Waals surface area contributed by atoms with Gasteiger partial charge < -0.3 is 10.0 Å². The van der Waals surface area contributed by atoms with Crippen molar-refractivity contribution in [1.82, 2.24) is 4.90 Å². The molecule has 3 rings (SSSR count). The molecule has 1 aliphatic carbocycles. The fourth-order valence-electron chi connectivity index (χ4n) is 3.24. The summed E-state index contributed by atoms with van der Waals surface area (Å²) in [6, 6.07) is 4.03. The highest BCUT2D eigenvalue weighted by Crippen LogP contribution is 2.44. The first-order chi connectivity index (χ1) is 10.8. The quantitative estimate of drug-likeness (QED) is 0.929. The van der Waals surface area contributed by atoms with Gasteiger partial charge in [0, 0.05) is 18.7 Å². The third-order valence-electron chi connectivity index (χ3n) is 4.66. The summed E-state index contributed by atoms with van der Waals surface area (Å²) in [4.78, 5) is 25.2. The largest absolute Gasteiger partial charge is 0.481 e. The smallest absolute Gasteiger partial charge is 0.416 e. The van der Waals surface area contributed by atoms with E-state index in [2.05, 4.69) is 0 Å². The van der Waals surface area contributed by atoms with Crippen LogP contribution in [0.4, 0.5) is 13.2 Å². The minimum absolute atomic E-state index is 0.0501. The Balaban J connectivity index is 1.74. The number of carbonyl (C=O) groups excluding carboxylic acids is 1. The summed E-state index contributed by atoms with van der Waals surface area (Å²) in [6.45, 7) is 0.484. The number of nitrogens with zero attached hydrogens (tertiary/aromatic N) is 1. The molecule has 1 heterocycles. The molecule has 4 nitrogen and oxygen atoms in total. The highest BCUT2D eigenvalue weighted by molar-refractivity contribution is 5.95. The van der Waals surface area contributed by atoms with E-state index in [9.17, 15) is 27.9 Å². The maximum absolute atomic E-state index is 12.5. The van der Waals surface area contributed by atoms with Gasteiger partial charge in [-0.25, -0.2) is 0 Å². The van der Waals surface area contributed by atoms with E-state index in [-0.39, 0.29) is 18.0 Å². The second kappa shape index (κ2) is 5.54. The number of aliphatic carboxylic acids is 1. The molecule has 0 unspecified atom stereocenters. The molecule has 2 atom stereocenters. The Kier molecular flexibility index (Phi) is 3.82. The number of halogens is 3. The van der Waals surface area contributed by atoms with Crippen molar-refractivity contribution in [2.24, 2.45) is 17.8 Å². The predicted molar refractivity (Wildman–Crippen MR) is 74.7 cm³/mol. The van der Waals surface area contributed by atoms with E-state index in [4.69, 9.17) is 0 Å². The maximum atomic E-state index is 12.5. The Labute approximate surface area is 130 Å². The molecule has 1 saturated heterocycles. The summed E-state index contributed by atoms with van der Waals surface area (Å²) >= 11 is 0. The molecular weight excluding hydrogens is 311 g/mol. The van der Waals surface area contributed by atoms with Crippen molar-refractivity contribution in [3.63, 3.8) is 0 Å². The number of alkyl halides is 3. The van der Waals surface area contributed by atoms with E-state index >= 15 is 0 Å². The predicted octanol–water partition coefficient (Wildman–Crippen LogP) is 2.89. The van der Waals surface area contributed by atoms with E-state index < -0.39 is 29.5 Å². The van der Waals surface area contributed by atoms with Gasteiger partial charge in [0.05, 0.1) is 11.5 Å². The summed E-state index contributed by atoms with van der Waals surface area (Å²) in [7, 11) is 0. The molecular formula is C16H16F3NO3. The number of hydrogen-bond donors (Lipinski definition) is 1. The lowest BCUT2D eigenvalue weighted by atomic mass is 9.92. The third kappa shape index (κ3) is 3.18. The van der Waals surface area contributed by atoms with Gasteiger partial charge in [0.25, 0.3) is 5.91 Å². The fourth-order valence-corrected chi connectivity index (χ4v) is 3.24. The minimum atomic E-state index is -4.44. The van der Waals surface area contributed by atoms with Crippen LogP contribution in [0, 0.1) is 17.8 Å². The van der Waals surface area contributed by atoms with Crippen molar-refractivity contribution in [3.8, 4) is 0 Å². The van der Waals surface area contributed by atoms with Crippen LogP contribution in [0.2, 0.25) is 0 Å². The topological polar surface area (TPSA) is 57.6 Å². The van der Waals surface area contributed by atoms with Crippen LogP contribution in [0.25, 0.3) is 0 Å². The first-order valence-corrected chi connectivity index (χ1v) is 7.46. The first kappa shape index (κ1) is 15.8. The molecule has 0 bridgehead atoms.